The van der Waals surface area contributed by atoms with Crippen LogP contribution >= 0.6 is 48.9 Å². The van der Waals surface area contributed by atoms with Crippen molar-refractivity contribution in [2.24, 2.45) is 0 Å². The van der Waals surface area contributed by atoms with Gasteiger partial charge in [0.1, 0.15) is 29.7 Å². The monoisotopic (exact) mass is 772 g/mol. The smallest absolute Gasteiger partial charge is 0.410 e. The van der Waals surface area contributed by atoms with E-state index in [1.54, 1.807) is 9.80 Å². The maximum absolute atomic E-state index is 11.9. The number of carbonyl (C=O) groups excluding carboxylic acids is 2. The molecule has 2 aromatic rings. The van der Waals surface area contributed by atoms with Gasteiger partial charge >= 0.3 is 23.6 Å². The average molecular weight is 774 g/mol. The van der Waals surface area contributed by atoms with Crippen LogP contribution < -0.4 is 4.74 Å². The van der Waals surface area contributed by atoms with Crippen molar-refractivity contribution in [2.45, 2.75) is 90.6 Å². The molecule has 16 nitrogen and oxygen atoms in total. The molecule has 1 atom stereocenters. The van der Waals surface area contributed by atoms with Crippen LogP contribution in [0.5, 0.6) is 5.06 Å². The molecule has 0 radical (unpaired) electrons. The van der Waals surface area contributed by atoms with Crippen LogP contribution in [0.25, 0.3) is 0 Å². The van der Waals surface area contributed by atoms with Crippen LogP contribution in [0.3, 0.4) is 0 Å². The van der Waals surface area contributed by atoms with Crippen LogP contribution in [0.15, 0.2) is 16.2 Å². The largest absolute Gasteiger partial charge is 0.475 e. The third-order valence-corrected chi connectivity index (χ3v) is 8.01. The Bertz CT molecular complexity index is 1290. The first-order chi connectivity index (χ1) is 20.9. The van der Waals surface area contributed by atoms with E-state index in [1.165, 1.54) is 12.4 Å². The first kappa shape index (κ1) is 41.3. The number of halogens is 1. The molecule has 4 rings (SSSR count). The fraction of sp³-hybridized carbons (Fsp3) is 0.692. The molecule has 2 aromatic heterocycles. The highest BCUT2D eigenvalue weighted by molar-refractivity contribution is 9.11. The van der Waals surface area contributed by atoms with Gasteiger partial charge in [0.2, 0.25) is 0 Å². The maximum Gasteiger partial charge on any atom is 0.410 e. The number of hydrogen-bond acceptors (Lipinski definition) is 14. The molecule has 0 aromatic carbocycles. The van der Waals surface area contributed by atoms with E-state index in [4.69, 9.17) is 14.2 Å². The van der Waals surface area contributed by atoms with E-state index in [-0.39, 0.29) is 50.7 Å². The second-order valence-corrected chi connectivity index (χ2v) is 14.9. The van der Waals surface area contributed by atoms with Gasteiger partial charge in [0.05, 0.1) is 16.0 Å². The topological polar surface area (TPSA) is 201 Å². The van der Waals surface area contributed by atoms with Crippen molar-refractivity contribution in [1.29, 1.82) is 0 Å². The number of rotatable bonds is 4. The van der Waals surface area contributed by atoms with E-state index in [1.807, 2.05) is 41.5 Å². The van der Waals surface area contributed by atoms with Crippen LogP contribution in [0.2, 0.25) is 0 Å². The minimum Gasteiger partial charge on any atom is -0.475 e. The number of aliphatic hydroxyl groups is 1. The van der Waals surface area contributed by atoms with Gasteiger partial charge in [0.25, 0.3) is 5.06 Å². The standard InChI is InChI=1S/C13H19N3O5S.C10H19NO3.C3HBrN2O2S.H3P/c1-13(2,3)21-12(17)15-6-4-9(5-7-15)20-11-10(16(18)19)8-14-22-11;1-10(2,3)14-9(13)11-6-4-8(12)5-7-11;4-3-2(6(7)8)1-5-9-3;/h8-9H,4-7H2,1-3H3;8,12H,4-7H2,1-3H3;1H;1H3. The summed E-state index contributed by atoms with van der Waals surface area (Å²) in [5.74, 6) is 0. The molecule has 260 valence electrons. The summed E-state index contributed by atoms with van der Waals surface area (Å²) >= 11 is 5.01. The first-order valence-corrected chi connectivity index (χ1v) is 16.3. The summed E-state index contributed by atoms with van der Waals surface area (Å²) in [4.78, 5) is 46.6. The summed E-state index contributed by atoms with van der Waals surface area (Å²) in [7, 11) is 0. The highest BCUT2D eigenvalue weighted by Crippen LogP contribution is 2.33. The van der Waals surface area contributed by atoms with Crippen LogP contribution in [-0.2, 0) is 9.47 Å². The summed E-state index contributed by atoms with van der Waals surface area (Å²) in [5.41, 5.74) is -1.04. The van der Waals surface area contributed by atoms with E-state index in [0.29, 0.717) is 55.6 Å². The molecule has 1 N–H and O–H groups in total. The lowest BCUT2D eigenvalue weighted by molar-refractivity contribution is -0.385. The second kappa shape index (κ2) is 18.6. The molecule has 0 saturated carbocycles. The zero-order valence-electron chi connectivity index (χ0n) is 26.7. The zero-order valence-corrected chi connectivity index (χ0v) is 31.3. The van der Waals surface area contributed by atoms with E-state index in [2.05, 4.69) is 24.7 Å². The van der Waals surface area contributed by atoms with Gasteiger partial charge in [-0.05, 0) is 81.8 Å². The Balaban J connectivity index is 0.000000377. The van der Waals surface area contributed by atoms with Crippen molar-refractivity contribution in [2.75, 3.05) is 26.2 Å². The molecule has 46 heavy (non-hydrogen) atoms. The molecule has 1 unspecified atom stereocenters. The molecular weight excluding hydrogens is 731 g/mol. The van der Waals surface area contributed by atoms with Crippen LogP contribution in [0.1, 0.15) is 67.2 Å². The quantitative estimate of drug-likeness (QED) is 0.214. The first-order valence-electron chi connectivity index (χ1n) is 14.0. The third kappa shape index (κ3) is 14.8. The highest BCUT2D eigenvalue weighted by Gasteiger charge is 2.30. The molecule has 2 aliphatic heterocycles. The normalized spacial score (nSPS) is 15.7. The maximum atomic E-state index is 11.9. The number of carbonyl (C=O) groups is 2. The van der Waals surface area contributed by atoms with Gasteiger partial charge in [0.15, 0.2) is 3.79 Å². The van der Waals surface area contributed by atoms with Gasteiger partial charge in [-0.1, -0.05) is 0 Å². The summed E-state index contributed by atoms with van der Waals surface area (Å²) in [6, 6.07) is 0. The molecule has 4 heterocycles. The second-order valence-electron chi connectivity index (χ2n) is 12.0. The molecular formula is C26H42BrN6O10PS2. The number of amides is 2. The molecule has 2 aliphatic rings. The molecule has 0 bridgehead atoms. The lowest BCUT2D eigenvalue weighted by Crippen LogP contribution is -2.44. The van der Waals surface area contributed by atoms with E-state index < -0.39 is 21.0 Å². The fourth-order valence-electron chi connectivity index (χ4n) is 3.78. The van der Waals surface area contributed by atoms with Crippen LogP contribution in [-0.4, -0.2) is 95.3 Å². The third-order valence-electron chi connectivity index (χ3n) is 5.91. The van der Waals surface area contributed by atoms with Gasteiger partial charge in [-0.15, -0.1) is 0 Å². The number of nitro groups is 2. The Hall–Kier alpha value is -2.73. The summed E-state index contributed by atoms with van der Waals surface area (Å²) in [6.07, 6.45) is 3.90. The van der Waals surface area contributed by atoms with E-state index in [9.17, 15) is 34.9 Å². The van der Waals surface area contributed by atoms with Gasteiger partial charge in [-0.25, -0.2) is 9.59 Å². The molecule has 2 saturated heterocycles. The Morgan fingerprint density at radius 3 is 1.63 bits per heavy atom. The molecule has 2 fully saturated rings. The SMILES string of the molecule is CC(C)(C)OC(=O)N1CCC(O)CC1.CC(C)(C)OC(=O)N1CCC(Oc2sncc2[N+](=O)[O-])CC1.O=[N+]([O-])c1cnsc1Br.P. The number of piperidine rings is 2. The molecule has 0 spiro atoms. The number of aliphatic hydroxyl groups excluding tert-OH is 1. The molecule has 0 aliphatic carbocycles. The Labute approximate surface area is 287 Å². The summed E-state index contributed by atoms with van der Waals surface area (Å²) in [5, 5.41) is 30.3. The Kier molecular flexibility index (Phi) is 16.7. The van der Waals surface area contributed by atoms with Crippen LogP contribution in [0.4, 0.5) is 21.0 Å². The number of ether oxygens (including phenoxy) is 3. The summed E-state index contributed by atoms with van der Waals surface area (Å²) in [6.45, 7) is 13.2. The van der Waals surface area contributed by atoms with Gasteiger partial charge in [-0.2, -0.15) is 18.6 Å². The zero-order chi connectivity index (χ0) is 33.9. The lowest BCUT2D eigenvalue weighted by atomic mass is 10.1. The van der Waals surface area contributed by atoms with Gasteiger partial charge in [0, 0.05) is 50.6 Å². The minimum atomic E-state index is -0.520. The van der Waals surface area contributed by atoms with Crippen molar-refractivity contribution in [3.05, 3.63) is 36.4 Å². The lowest BCUT2D eigenvalue weighted by Gasteiger charge is -2.33. The van der Waals surface area contributed by atoms with Crippen molar-refractivity contribution >= 4 is 72.5 Å². The molecule has 20 heteroatoms. The van der Waals surface area contributed by atoms with Crippen molar-refractivity contribution < 1.29 is 38.8 Å². The van der Waals surface area contributed by atoms with Gasteiger partial charge in [-0.3, -0.25) is 20.2 Å². The van der Waals surface area contributed by atoms with Crippen LogP contribution in [0, 0.1) is 20.2 Å². The predicted molar refractivity (Wildman–Crippen MR) is 181 cm³/mol. The number of nitrogens with zero attached hydrogens (tertiary/aromatic N) is 6. The number of hydrogen-bond donors (Lipinski definition) is 1. The van der Waals surface area contributed by atoms with Crippen molar-refractivity contribution in [1.82, 2.24) is 18.5 Å². The minimum absolute atomic E-state index is 0. The molecule has 2 amide bonds. The van der Waals surface area contributed by atoms with Crippen molar-refractivity contribution in [3.8, 4) is 5.06 Å². The van der Waals surface area contributed by atoms with Crippen molar-refractivity contribution in [3.63, 3.8) is 0 Å². The fourth-order valence-corrected chi connectivity index (χ4v) is 5.39. The predicted octanol–water partition coefficient (Wildman–Crippen LogP) is 6.08. The summed E-state index contributed by atoms with van der Waals surface area (Å²) < 4.78 is 24.0. The van der Waals surface area contributed by atoms with E-state index >= 15 is 0 Å². The number of aromatic nitrogens is 2. The highest BCUT2D eigenvalue weighted by atomic mass is 79.9. The Morgan fingerprint density at radius 2 is 1.26 bits per heavy atom. The average Bonchev–Trinajstić information content (AvgIpc) is 3.57. The van der Waals surface area contributed by atoms with E-state index in [0.717, 1.165) is 23.1 Å². The Morgan fingerprint density at radius 1 is 0.848 bits per heavy atom. The number of likely N-dealkylation sites (tertiary alicyclic amines) is 2. The van der Waals surface area contributed by atoms with Gasteiger partial charge < -0.3 is 29.1 Å².